The Morgan fingerprint density at radius 3 is 2.67 bits per heavy atom. The Bertz CT molecular complexity index is 598. The van der Waals surface area contributed by atoms with Gasteiger partial charge >= 0.3 is 5.97 Å². The number of pyridine rings is 2. The number of aromatic nitrogens is 1. The molecule has 0 bridgehead atoms. The molecule has 4 nitrogen and oxygen atoms in total. The van der Waals surface area contributed by atoms with Crippen molar-refractivity contribution in [2.45, 2.75) is 6.92 Å². The Hall–Kier alpha value is -2.10. The van der Waals surface area contributed by atoms with Gasteiger partial charge in [0.1, 0.15) is 0 Å². The normalized spacial score (nSPS) is 10.5. The zero-order valence-corrected chi connectivity index (χ0v) is 8.10. The molecule has 0 unspecified atom stereocenters. The molecule has 2 aromatic heterocycles. The molecule has 2 heterocycles. The highest BCUT2D eigenvalue weighted by atomic mass is 16.4. The van der Waals surface area contributed by atoms with Crippen LogP contribution in [0.2, 0.25) is 0 Å². The van der Waals surface area contributed by atoms with E-state index in [4.69, 9.17) is 5.11 Å². The first kappa shape index (κ1) is 9.45. The first-order valence-electron chi connectivity index (χ1n) is 4.45. The number of carbonyl (C=O) groups is 1. The van der Waals surface area contributed by atoms with E-state index in [0.29, 0.717) is 5.52 Å². The minimum absolute atomic E-state index is 0.134. The van der Waals surface area contributed by atoms with Gasteiger partial charge in [-0.25, -0.2) is 4.79 Å². The van der Waals surface area contributed by atoms with E-state index in [1.54, 1.807) is 18.3 Å². The van der Waals surface area contributed by atoms with E-state index in [1.807, 2.05) is 6.92 Å². The third kappa shape index (κ3) is 1.50. The van der Waals surface area contributed by atoms with Gasteiger partial charge in [-0.3, -0.25) is 9.20 Å². The molecule has 0 saturated carbocycles. The Morgan fingerprint density at radius 1 is 1.27 bits per heavy atom. The molecule has 2 aromatic rings. The van der Waals surface area contributed by atoms with Gasteiger partial charge in [0.15, 0.2) is 0 Å². The van der Waals surface area contributed by atoms with Gasteiger partial charge in [-0.15, -0.1) is 0 Å². The zero-order chi connectivity index (χ0) is 11.0. The molecule has 2 rings (SSSR count). The number of carboxylic acids is 1. The highest BCUT2D eigenvalue weighted by Crippen LogP contribution is 2.09. The molecule has 0 aromatic carbocycles. The van der Waals surface area contributed by atoms with Gasteiger partial charge < -0.3 is 5.11 Å². The van der Waals surface area contributed by atoms with Crippen LogP contribution in [0.3, 0.4) is 0 Å². The van der Waals surface area contributed by atoms with E-state index in [-0.39, 0.29) is 11.1 Å². The van der Waals surface area contributed by atoms with Crippen LogP contribution in [-0.2, 0) is 0 Å². The fourth-order valence-electron chi connectivity index (χ4n) is 1.51. The first-order valence-corrected chi connectivity index (χ1v) is 4.45. The van der Waals surface area contributed by atoms with Crippen molar-refractivity contribution in [3.05, 3.63) is 51.9 Å². The highest BCUT2D eigenvalue weighted by molar-refractivity contribution is 5.95. The van der Waals surface area contributed by atoms with Gasteiger partial charge in [0, 0.05) is 12.3 Å². The highest BCUT2D eigenvalue weighted by Gasteiger charge is 2.08. The van der Waals surface area contributed by atoms with Crippen LogP contribution >= 0.6 is 0 Å². The Kier molecular flexibility index (Phi) is 2.04. The molecule has 0 aliphatic carbocycles. The van der Waals surface area contributed by atoms with Crippen LogP contribution in [0.15, 0.2) is 35.3 Å². The zero-order valence-electron chi connectivity index (χ0n) is 8.10. The van der Waals surface area contributed by atoms with Crippen molar-refractivity contribution < 1.29 is 9.90 Å². The molecule has 0 amide bonds. The van der Waals surface area contributed by atoms with Gasteiger partial charge in [-0.05, 0) is 24.6 Å². The van der Waals surface area contributed by atoms with Crippen molar-refractivity contribution in [2.75, 3.05) is 0 Å². The lowest BCUT2D eigenvalue weighted by Gasteiger charge is -2.04. The van der Waals surface area contributed by atoms with Gasteiger partial charge in [0.2, 0.25) is 0 Å². The second-order valence-electron chi connectivity index (χ2n) is 3.35. The molecule has 0 radical (unpaired) electrons. The third-order valence-corrected chi connectivity index (χ3v) is 2.23. The molecule has 0 fully saturated rings. The molecular weight excluding hydrogens is 194 g/mol. The van der Waals surface area contributed by atoms with E-state index in [0.717, 1.165) is 5.56 Å². The molecule has 0 aliphatic rings. The summed E-state index contributed by atoms with van der Waals surface area (Å²) in [5, 5.41) is 8.93. The number of carboxylic acid groups (broad SMARTS) is 1. The largest absolute Gasteiger partial charge is 0.478 e. The third-order valence-electron chi connectivity index (χ3n) is 2.23. The fraction of sp³-hybridized carbons (Fsp3) is 0.0909. The fourth-order valence-corrected chi connectivity index (χ4v) is 1.51. The number of fused-ring (bicyclic) bond motifs is 1. The maximum Gasteiger partial charge on any atom is 0.337 e. The summed E-state index contributed by atoms with van der Waals surface area (Å²) in [6.07, 6.45) is 1.63. The second kappa shape index (κ2) is 3.24. The van der Waals surface area contributed by atoms with Crippen LogP contribution in [0.5, 0.6) is 0 Å². The smallest absolute Gasteiger partial charge is 0.337 e. The predicted octanol–water partition coefficient (Wildman–Crippen LogP) is 1.31. The van der Waals surface area contributed by atoms with Crippen molar-refractivity contribution in [2.24, 2.45) is 0 Å². The maximum absolute atomic E-state index is 11.5. The number of hydrogen-bond donors (Lipinski definition) is 1. The van der Waals surface area contributed by atoms with Gasteiger partial charge in [-0.2, -0.15) is 0 Å². The van der Waals surface area contributed by atoms with Crippen molar-refractivity contribution in [3.63, 3.8) is 0 Å². The van der Waals surface area contributed by atoms with Crippen LogP contribution in [-0.4, -0.2) is 15.5 Å². The summed E-state index contributed by atoms with van der Waals surface area (Å²) in [5.74, 6) is -1.03. The van der Waals surface area contributed by atoms with Crippen LogP contribution < -0.4 is 5.56 Å². The number of rotatable bonds is 1. The molecular formula is C11H9NO3. The van der Waals surface area contributed by atoms with Gasteiger partial charge in [0.05, 0.1) is 11.1 Å². The topological polar surface area (TPSA) is 58.8 Å². The molecule has 15 heavy (non-hydrogen) atoms. The monoisotopic (exact) mass is 203 g/mol. The summed E-state index contributed by atoms with van der Waals surface area (Å²) in [5.41, 5.74) is 1.24. The molecule has 1 N–H and O–H groups in total. The Morgan fingerprint density at radius 2 is 2.00 bits per heavy atom. The summed E-state index contributed by atoms with van der Waals surface area (Å²) >= 11 is 0. The van der Waals surface area contributed by atoms with E-state index in [1.165, 1.54) is 16.5 Å². The summed E-state index contributed by atoms with van der Waals surface area (Å²) < 4.78 is 1.35. The SMILES string of the molecule is Cc1ccc2c(C(=O)O)ccc(=O)n2c1. The number of hydrogen-bond acceptors (Lipinski definition) is 2. The minimum atomic E-state index is -1.03. The summed E-state index contributed by atoms with van der Waals surface area (Å²) in [7, 11) is 0. The minimum Gasteiger partial charge on any atom is -0.478 e. The van der Waals surface area contributed by atoms with Gasteiger partial charge in [0.25, 0.3) is 5.56 Å². The van der Waals surface area contributed by atoms with Crippen molar-refractivity contribution in [1.82, 2.24) is 4.40 Å². The van der Waals surface area contributed by atoms with Crippen LogP contribution in [0, 0.1) is 6.92 Å². The molecule has 0 atom stereocenters. The average Bonchev–Trinajstić information content (AvgIpc) is 2.19. The van der Waals surface area contributed by atoms with Crippen LogP contribution in [0.25, 0.3) is 5.52 Å². The summed E-state index contributed by atoms with van der Waals surface area (Å²) in [6.45, 7) is 1.85. The Balaban J connectivity index is 2.95. The predicted molar refractivity (Wildman–Crippen MR) is 55.4 cm³/mol. The van der Waals surface area contributed by atoms with E-state index >= 15 is 0 Å². The quantitative estimate of drug-likeness (QED) is 0.760. The first-order chi connectivity index (χ1) is 7.09. The molecule has 4 heteroatoms. The standard InChI is InChI=1S/C11H9NO3/c1-7-2-4-9-8(11(14)15)3-5-10(13)12(9)6-7/h2-6H,1H3,(H,14,15). The van der Waals surface area contributed by atoms with Gasteiger partial charge in [-0.1, -0.05) is 6.07 Å². The lowest BCUT2D eigenvalue weighted by atomic mass is 10.2. The van der Waals surface area contributed by atoms with E-state index in [2.05, 4.69) is 0 Å². The number of aromatic carboxylic acids is 1. The summed E-state index contributed by atoms with van der Waals surface area (Å²) in [6, 6.07) is 6.01. The van der Waals surface area contributed by atoms with E-state index in [9.17, 15) is 9.59 Å². The number of nitrogens with zero attached hydrogens (tertiary/aromatic N) is 1. The van der Waals surface area contributed by atoms with E-state index < -0.39 is 5.97 Å². The lowest BCUT2D eigenvalue weighted by molar-refractivity contribution is 0.0698. The van der Waals surface area contributed by atoms with Crippen molar-refractivity contribution in [1.29, 1.82) is 0 Å². The van der Waals surface area contributed by atoms with Crippen LogP contribution in [0.4, 0.5) is 0 Å². The second-order valence-corrected chi connectivity index (χ2v) is 3.35. The molecule has 76 valence electrons. The summed E-state index contributed by atoms with van der Waals surface area (Å²) in [4.78, 5) is 22.4. The Labute approximate surface area is 85.4 Å². The number of aryl methyl sites for hydroxylation is 1. The molecule has 0 aliphatic heterocycles. The van der Waals surface area contributed by atoms with Crippen molar-refractivity contribution in [3.8, 4) is 0 Å². The molecule has 0 spiro atoms. The van der Waals surface area contributed by atoms with Crippen LogP contribution in [0.1, 0.15) is 15.9 Å². The lowest BCUT2D eigenvalue weighted by Crippen LogP contribution is -2.15. The molecule has 0 saturated heterocycles. The average molecular weight is 203 g/mol. The maximum atomic E-state index is 11.5. The van der Waals surface area contributed by atoms with Crippen molar-refractivity contribution >= 4 is 11.5 Å².